The van der Waals surface area contributed by atoms with Gasteiger partial charge in [-0.05, 0) is 38.5 Å². The van der Waals surface area contributed by atoms with Gasteiger partial charge in [0.05, 0.1) is 11.7 Å². The molecule has 1 aliphatic carbocycles. The zero-order chi connectivity index (χ0) is 8.65. The van der Waals surface area contributed by atoms with Crippen molar-refractivity contribution in [2.24, 2.45) is 11.8 Å². The zero-order valence-electron chi connectivity index (χ0n) is 7.54. The third-order valence-corrected chi connectivity index (χ3v) is 3.23. The molecule has 0 radical (unpaired) electrons. The van der Waals surface area contributed by atoms with Crippen molar-refractivity contribution in [3.8, 4) is 0 Å². The van der Waals surface area contributed by atoms with Crippen molar-refractivity contribution >= 4 is 0 Å². The molecule has 2 heteroatoms. The fourth-order valence-electron chi connectivity index (χ4n) is 2.06. The highest BCUT2D eigenvalue weighted by atomic mass is 16.3. The predicted octanol–water partition coefficient (Wildman–Crippen LogP) is 1.16. The maximum Gasteiger partial charge on any atom is 0.0648 e. The van der Waals surface area contributed by atoms with Crippen LogP contribution in [0, 0.1) is 11.8 Å². The number of rotatable bonds is 1. The minimum absolute atomic E-state index is 0.225. The van der Waals surface area contributed by atoms with Gasteiger partial charge in [0.2, 0.25) is 0 Å². The van der Waals surface area contributed by atoms with Crippen LogP contribution in [0.15, 0.2) is 0 Å². The first kappa shape index (κ1) is 9.01. The van der Waals surface area contributed by atoms with Gasteiger partial charge in [-0.2, -0.15) is 0 Å². The van der Waals surface area contributed by atoms with E-state index in [4.69, 9.17) is 0 Å². The molecule has 1 fully saturated rings. The molecule has 2 nitrogen and oxygen atoms in total. The Kier molecular flexibility index (Phi) is 2.26. The molecule has 0 aromatic carbocycles. The van der Waals surface area contributed by atoms with E-state index in [1.165, 1.54) is 0 Å². The summed E-state index contributed by atoms with van der Waals surface area (Å²) in [7, 11) is 0. The fraction of sp³-hybridized carbons (Fsp3) is 1.00. The van der Waals surface area contributed by atoms with Crippen LogP contribution in [0.2, 0.25) is 0 Å². The molecule has 1 aliphatic rings. The lowest BCUT2D eigenvalue weighted by molar-refractivity contribution is -0.00117. The van der Waals surface area contributed by atoms with E-state index in [1.807, 2.05) is 20.8 Å². The molecule has 0 saturated heterocycles. The average molecular weight is 158 g/mol. The summed E-state index contributed by atoms with van der Waals surface area (Å²) in [6.07, 6.45) is 1.49. The summed E-state index contributed by atoms with van der Waals surface area (Å²) in [5.41, 5.74) is -0.554. The van der Waals surface area contributed by atoms with E-state index in [1.54, 1.807) is 0 Å². The number of hydrogen-bond donors (Lipinski definition) is 2. The van der Waals surface area contributed by atoms with Gasteiger partial charge in [0.1, 0.15) is 0 Å². The quantitative estimate of drug-likeness (QED) is 0.601. The second-order valence-electron chi connectivity index (χ2n) is 4.09. The van der Waals surface area contributed by atoms with Crippen LogP contribution >= 0.6 is 0 Å². The van der Waals surface area contributed by atoms with Crippen molar-refractivity contribution in [1.82, 2.24) is 0 Å². The van der Waals surface area contributed by atoms with Crippen LogP contribution < -0.4 is 0 Å². The van der Waals surface area contributed by atoms with Crippen LogP contribution in [0.5, 0.6) is 0 Å². The molecule has 4 atom stereocenters. The Hall–Kier alpha value is -0.0800. The van der Waals surface area contributed by atoms with Crippen LogP contribution in [0.1, 0.15) is 33.6 Å². The summed E-state index contributed by atoms with van der Waals surface area (Å²) >= 11 is 0. The van der Waals surface area contributed by atoms with Gasteiger partial charge >= 0.3 is 0 Å². The van der Waals surface area contributed by atoms with E-state index in [0.29, 0.717) is 0 Å². The van der Waals surface area contributed by atoms with Gasteiger partial charge in [-0.3, -0.25) is 0 Å². The Bertz CT molecular complexity index is 140. The van der Waals surface area contributed by atoms with E-state index < -0.39 is 5.60 Å². The van der Waals surface area contributed by atoms with Crippen molar-refractivity contribution in [2.75, 3.05) is 0 Å². The van der Waals surface area contributed by atoms with Crippen LogP contribution in [-0.4, -0.2) is 21.9 Å². The Morgan fingerprint density at radius 1 is 1.55 bits per heavy atom. The molecule has 1 saturated carbocycles. The Balaban J connectivity index is 2.63. The lowest BCUT2D eigenvalue weighted by atomic mass is 9.86. The van der Waals surface area contributed by atoms with Gasteiger partial charge in [-0.15, -0.1) is 0 Å². The van der Waals surface area contributed by atoms with Gasteiger partial charge in [-0.1, -0.05) is 6.92 Å². The highest BCUT2D eigenvalue weighted by Crippen LogP contribution is 2.41. The number of aliphatic hydroxyl groups is 2. The largest absolute Gasteiger partial charge is 0.393 e. The Morgan fingerprint density at radius 2 is 2.09 bits per heavy atom. The summed E-state index contributed by atoms with van der Waals surface area (Å²) < 4.78 is 0. The highest BCUT2D eigenvalue weighted by Gasteiger charge is 2.42. The van der Waals surface area contributed by atoms with Crippen molar-refractivity contribution in [1.29, 1.82) is 0 Å². The summed E-state index contributed by atoms with van der Waals surface area (Å²) in [6, 6.07) is 0. The summed E-state index contributed by atoms with van der Waals surface area (Å²) in [5.74, 6) is 0.507. The molecule has 0 spiro atoms. The fourth-order valence-corrected chi connectivity index (χ4v) is 2.06. The minimum atomic E-state index is -0.554. The lowest BCUT2D eigenvalue weighted by Crippen LogP contribution is -2.32. The number of aliphatic hydroxyl groups excluding tert-OH is 1. The lowest BCUT2D eigenvalue weighted by Gasteiger charge is -2.26. The van der Waals surface area contributed by atoms with Gasteiger partial charge in [0.15, 0.2) is 0 Å². The molecule has 0 heterocycles. The second kappa shape index (κ2) is 2.76. The molecule has 0 unspecified atom stereocenters. The molecule has 2 N–H and O–H groups in total. The molecular formula is C9H18O2. The van der Waals surface area contributed by atoms with Crippen molar-refractivity contribution < 1.29 is 10.2 Å². The van der Waals surface area contributed by atoms with Crippen LogP contribution in [0.25, 0.3) is 0 Å². The first-order chi connectivity index (χ1) is 4.95. The standard InChI is InChI=1S/C9H18O2/c1-6-8(7(2)10)4-5-9(6,3)11/h6-8,10-11H,4-5H2,1-3H3/t6-,7-,8-,9+/m0/s1. The smallest absolute Gasteiger partial charge is 0.0648 e. The normalized spacial score (nSPS) is 47.7. The van der Waals surface area contributed by atoms with E-state index in [-0.39, 0.29) is 17.9 Å². The third kappa shape index (κ3) is 1.57. The maximum atomic E-state index is 9.77. The van der Waals surface area contributed by atoms with Gasteiger partial charge in [-0.25, -0.2) is 0 Å². The van der Waals surface area contributed by atoms with E-state index in [2.05, 4.69) is 0 Å². The molecule has 11 heavy (non-hydrogen) atoms. The number of hydrogen-bond acceptors (Lipinski definition) is 2. The van der Waals surface area contributed by atoms with Crippen molar-refractivity contribution in [3.05, 3.63) is 0 Å². The van der Waals surface area contributed by atoms with E-state index in [9.17, 15) is 10.2 Å². The molecular weight excluding hydrogens is 140 g/mol. The molecule has 0 aliphatic heterocycles. The maximum absolute atomic E-state index is 9.77. The van der Waals surface area contributed by atoms with E-state index >= 15 is 0 Å². The first-order valence-corrected chi connectivity index (χ1v) is 4.35. The van der Waals surface area contributed by atoms with Crippen LogP contribution in [0.4, 0.5) is 0 Å². The third-order valence-electron chi connectivity index (χ3n) is 3.23. The van der Waals surface area contributed by atoms with E-state index in [0.717, 1.165) is 12.8 Å². The summed E-state index contributed by atoms with van der Waals surface area (Å²) in [5, 5.41) is 19.1. The van der Waals surface area contributed by atoms with Gasteiger partial charge in [0.25, 0.3) is 0 Å². The monoisotopic (exact) mass is 158 g/mol. The summed E-state index contributed by atoms with van der Waals surface area (Å²) in [6.45, 7) is 5.69. The Morgan fingerprint density at radius 3 is 2.27 bits per heavy atom. The molecule has 0 aromatic heterocycles. The topological polar surface area (TPSA) is 40.5 Å². The summed E-state index contributed by atoms with van der Waals surface area (Å²) in [4.78, 5) is 0. The van der Waals surface area contributed by atoms with Crippen molar-refractivity contribution in [3.63, 3.8) is 0 Å². The highest BCUT2D eigenvalue weighted by molar-refractivity contribution is 4.93. The van der Waals surface area contributed by atoms with Crippen molar-refractivity contribution in [2.45, 2.75) is 45.3 Å². The molecule has 0 amide bonds. The van der Waals surface area contributed by atoms with Gasteiger partial charge < -0.3 is 10.2 Å². The molecule has 1 rings (SSSR count). The second-order valence-corrected chi connectivity index (χ2v) is 4.09. The zero-order valence-corrected chi connectivity index (χ0v) is 7.54. The molecule has 0 bridgehead atoms. The first-order valence-electron chi connectivity index (χ1n) is 4.35. The minimum Gasteiger partial charge on any atom is -0.393 e. The van der Waals surface area contributed by atoms with Crippen LogP contribution in [-0.2, 0) is 0 Å². The molecule has 0 aromatic rings. The molecule has 66 valence electrons. The Labute approximate surface area is 68.2 Å². The average Bonchev–Trinajstić information content (AvgIpc) is 2.09. The predicted molar refractivity (Wildman–Crippen MR) is 44.2 cm³/mol. The van der Waals surface area contributed by atoms with Gasteiger partial charge in [0, 0.05) is 0 Å². The SMILES string of the molecule is C[C@H](O)[C@H]1CC[C@@](C)(O)[C@H]1C. The van der Waals surface area contributed by atoms with Crippen LogP contribution in [0.3, 0.4) is 0 Å².